The van der Waals surface area contributed by atoms with Crippen LogP contribution in [0.3, 0.4) is 0 Å². The Hall–Kier alpha value is -3.65. The van der Waals surface area contributed by atoms with Crippen molar-refractivity contribution in [1.29, 1.82) is 0 Å². The molecule has 0 radical (unpaired) electrons. The standard InChI is InChI=1S/C27H26N2O9S2/c30-16-17-1-5-19(6-2-17)37-23-15-28-26(39-23)29-24(31)27(25(32)33,38-20-11-13-36-14-12-20)18-3-7-21(8-4-18)40(34,35)22-9-10-22/h1-8,15-16,20,22H,9-14H2,(H,32,33)(H,28,29,31). The second-order valence-electron chi connectivity index (χ2n) is 9.41. The number of hydrogen-bond donors (Lipinski definition) is 2. The number of aldehydes is 1. The molecule has 1 saturated heterocycles. The lowest BCUT2D eigenvalue weighted by Crippen LogP contribution is -2.52. The van der Waals surface area contributed by atoms with E-state index in [-0.39, 0.29) is 15.6 Å². The topological polar surface area (TPSA) is 158 Å². The average molecular weight is 587 g/mol. The number of carboxylic acids is 1. The zero-order chi connectivity index (χ0) is 28.3. The third-order valence-corrected chi connectivity index (χ3v) is 9.69. The number of hydrogen-bond acceptors (Lipinski definition) is 10. The van der Waals surface area contributed by atoms with E-state index < -0.39 is 38.7 Å². The van der Waals surface area contributed by atoms with Crippen molar-refractivity contribution in [3.05, 3.63) is 65.9 Å². The molecule has 1 amide bonds. The van der Waals surface area contributed by atoms with Crippen molar-refractivity contribution in [2.24, 2.45) is 0 Å². The Balaban J connectivity index is 1.42. The summed E-state index contributed by atoms with van der Waals surface area (Å²) in [6.07, 6.45) is 3.43. The van der Waals surface area contributed by atoms with Crippen molar-refractivity contribution < 1.29 is 42.1 Å². The lowest BCUT2D eigenvalue weighted by molar-refractivity contribution is -0.186. The normalized spacial score (nSPS) is 17.5. The van der Waals surface area contributed by atoms with E-state index in [2.05, 4.69) is 10.3 Å². The van der Waals surface area contributed by atoms with Gasteiger partial charge in [0, 0.05) is 24.3 Å². The molecule has 0 spiro atoms. The fourth-order valence-electron chi connectivity index (χ4n) is 4.30. The predicted octanol–water partition coefficient (Wildman–Crippen LogP) is 3.80. The first-order valence-electron chi connectivity index (χ1n) is 12.6. The summed E-state index contributed by atoms with van der Waals surface area (Å²) in [4.78, 5) is 41.6. The van der Waals surface area contributed by atoms with E-state index in [4.69, 9.17) is 14.2 Å². The number of anilines is 1. The highest BCUT2D eigenvalue weighted by molar-refractivity contribution is 7.92. The number of carbonyl (C=O) groups excluding carboxylic acids is 2. The van der Waals surface area contributed by atoms with Gasteiger partial charge >= 0.3 is 5.97 Å². The van der Waals surface area contributed by atoms with Crippen LogP contribution in [0.5, 0.6) is 10.8 Å². The molecule has 1 unspecified atom stereocenters. The minimum absolute atomic E-state index is 0.0259. The number of ether oxygens (including phenoxy) is 3. The molecule has 5 rings (SSSR count). The largest absolute Gasteiger partial charge is 0.478 e. The fourth-order valence-corrected chi connectivity index (χ4v) is 6.64. The highest BCUT2D eigenvalue weighted by atomic mass is 32.2. The van der Waals surface area contributed by atoms with Gasteiger partial charge in [-0.05, 0) is 62.1 Å². The number of sulfone groups is 1. The molecule has 1 aromatic heterocycles. The molecule has 210 valence electrons. The Morgan fingerprint density at radius 1 is 1.05 bits per heavy atom. The molecular weight excluding hydrogens is 560 g/mol. The van der Waals surface area contributed by atoms with Crippen LogP contribution >= 0.6 is 11.3 Å². The van der Waals surface area contributed by atoms with Gasteiger partial charge in [0.1, 0.15) is 12.0 Å². The van der Waals surface area contributed by atoms with Gasteiger partial charge in [0.05, 0.1) is 22.4 Å². The van der Waals surface area contributed by atoms with Crippen molar-refractivity contribution in [2.75, 3.05) is 18.5 Å². The van der Waals surface area contributed by atoms with Crippen LogP contribution in [0.4, 0.5) is 5.13 Å². The van der Waals surface area contributed by atoms with Gasteiger partial charge in [0.25, 0.3) is 11.5 Å². The molecule has 2 N–H and O–H groups in total. The van der Waals surface area contributed by atoms with Crippen LogP contribution in [0.25, 0.3) is 0 Å². The van der Waals surface area contributed by atoms with Crippen molar-refractivity contribution in [3.63, 3.8) is 0 Å². The first kappa shape index (κ1) is 27.9. The molecular formula is C27H26N2O9S2. The zero-order valence-electron chi connectivity index (χ0n) is 21.1. The van der Waals surface area contributed by atoms with Crippen LogP contribution < -0.4 is 10.1 Å². The number of nitrogens with one attached hydrogen (secondary N) is 1. The summed E-state index contributed by atoms with van der Waals surface area (Å²) in [5.41, 5.74) is -2.03. The summed E-state index contributed by atoms with van der Waals surface area (Å²) >= 11 is 0.968. The number of amides is 1. The van der Waals surface area contributed by atoms with Gasteiger partial charge in [-0.25, -0.2) is 18.2 Å². The lowest BCUT2D eigenvalue weighted by Gasteiger charge is -2.34. The molecule has 2 fully saturated rings. The van der Waals surface area contributed by atoms with Gasteiger partial charge in [0.15, 0.2) is 15.0 Å². The molecule has 2 aromatic carbocycles. The second kappa shape index (κ2) is 11.5. The lowest BCUT2D eigenvalue weighted by atomic mass is 9.91. The van der Waals surface area contributed by atoms with Crippen LogP contribution in [0.1, 0.15) is 41.6 Å². The molecule has 2 aliphatic rings. The molecule has 1 atom stereocenters. The van der Waals surface area contributed by atoms with Crippen molar-refractivity contribution in [1.82, 2.24) is 4.98 Å². The van der Waals surface area contributed by atoms with E-state index >= 15 is 0 Å². The summed E-state index contributed by atoms with van der Waals surface area (Å²) in [5.74, 6) is -2.12. The minimum Gasteiger partial charge on any atom is -0.478 e. The molecule has 2 heterocycles. The molecule has 0 bridgehead atoms. The highest BCUT2D eigenvalue weighted by Gasteiger charge is 2.52. The Bertz CT molecular complexity index is 1490. The number of carbonyl (C=O) groups is 3. The fraction of sp³-hybridized carbons (Fsp3) is 0.333. The average Bonchev–Trinajstić information content (AvgIpc) is 3.74. The van der Waals surface area contributed by atoms with Gasteiger partial charge in [-0.15, -0.1) is 0 Å². The minimum atomic E-state index is -3.52. The SMILES string of the molecule is O=Cc1ccc(Oc2cnc(NC(=O)C(OC3CCOCC3)(C(=O)O)c3ccc(S(=O)(=O)C4CC4)cc3)s2)cc1. The van der Waals surface area contributed by atoms with Crippen molar-refractivity contribution >= 4 is 44.5 Å². The third kappa shape index (κ3) is 5.77. The van der Waals surface area contributed by atoms with Gasteiger partial charge in [0.2, 0.25) is 5.06 Å². The number of rotatable bonds is 11. The van der Waals surface area contributed by atoms with E-state index in [9.17, 15) is 27.9 Å². The number of aliphatic carboxylic acids is 1. The van der Waals surface area contributed by atoms with Gasteiger partial charge in [-0.2, -0.15) is 0 Å². The highest BCUT2D eigenvalue weighted by Crippen LogP contribution is 2.37. The number of aromatic nitrogens is 1. The maximum absolute atomic E-state index is 13.7. The Kier molecular flexibility index (Phi) is 7.99. The number of nitrogens with zero attached hydrogens (tertiary/aromatic N) is 1. The monoisotopic (exact) mass is 586 g/mol. The maximum Gasteiger partial charge on any atom is 0.350 e. The molecule has 1 aliphatic carbocycles. The van der Waals surface area contributed by atoms with Gasteiger partial charge < -0.3 is 19.3 Å². The Labute approximate surface area is 234 Å². The zero-order valence-corrected chi connectivity index (χ0v) is 22.8. The van der Waals surface area contributed by atoms with E-state index in [0.29, 0.717) is 61.6 Å². The van der Waals surface area contributed by atoms with Crippen molar-refractivity contribution in [2.45, 2.75) is 47.5 Å². The Morgan fingerprint density at radius 3 is 2.33 bits per heavy atom. The molecule has 1 saturated carbocycles. The smallest absolute Gasteiger partial charge is 0.350 e. The van der Waals surface area contributed by atoms with Crippen LogP contribution in [-0.4, -0.2) is 61.2 Å². The molecule has 3 aromatic rings. The molecule has 40 heavy (non-hydrogen) atoms. The maximum atomic E-state index is 13.7. The summed E-state index contributed by atoms with van der Waals surface area (Å²) in [7, 11) is -3.52. The number of benzene rings is 2. The van der Waals surface area contributed by atoms with E-state index in [0.717, 1.165) is 11.3 Å². The van der Waals surface area contributed by atoms with Crippen LogP contribution in [-0.2, 0) is 34.5 Å². The van der Waals surface area contributed by atoms with E-state index in [1.807, 2.05) is 0 Å². The Morgan fingerprint density at radius 2 is 1.73 bits per heavy atom. The van der Waals surface area contributed by atoms with Gasteiger partial charge in [-0.3, -0.25) is 14.9 Å². The molecule has 1 aliphatic heterocycles. The summed E-state index contributed by atoms with van der Waals surface area (Å²) in [6, 6.07) is 11.6. The molecule has 11 nitrogen and oxygen atoms in total. The van der Waals surface area contributed by atoms with E-state index in [1.54, 1.807) is 24.3 Å². The quantitative estimate of drug-likeness (QED) is 0.250. The summed E-state index contributed by atoms with van der Waals surface area (Å²) < 4.78 is 42.5. The first-order chi connectivity index (χ1) is 19.2. The second-order valence-corrected chi connectivity index (χ2v) is 12.6. The van der Waals surface area contributed by atoms with Crippen LogP contribution in [0, 0.1) is 0 Å². The number of thiazole rings is 1. The first-order valence-corrected chi connectivity index (χ1v) is 14.9. The summed E-state index contributed by atoms with van der Waals surface area (Å²) in [6.45, 7) is 0.698. The van der Waals surface area contributed by atoms with Gasteiger partial charge in [-0.1, -0.05) is 23.5 Å². The van der Waals surface area contributed by atoms with Crippen molar-refractivity contribution in [3.8, 4) is 10.8 Å². The predicted molar refractivity (Wildman–Crippen MR) is 144 cm³/mol. The number of carboxylic acid groups (broad SMARTS) is 1. The van der Waals surface area contributed by atoms with Crippen LogP contribution in [0.2, 0.25) is 0 Å². The van der Waals surface area contributed by atoms with E-state index in [1.165, 1.54) is 30.5 Å². The third-order valence-electron chi connectivity index (χ3n) is 6.62. The van der Waals surface area contributed by atoms with Crippen LogP contribution in [0.15, 0.2) is 59.6 Å². The molecule has 13 heteroatoms. The summed E-state index contributed by atoms with van der Waals surface area (Å²) in [5, 5.41) is 12.9.